The van der Waals surface area contributed by atoms with Gasteiger partial charge in [-0.3, -0.25) is 0 Å². The maximum Gasteiger partial charge on any atom is 0.0547 e. The van der Waals surface area contributed by atoms with Crippen molar-refractivity contribution in [1.29, 1.82) is 0 Å². The number of hydrogen-bond donors (Lipinski definition) is 0. The monoisotopic (exact) mass is 1300 g/mol. The summed E-state index contributed by atoms with van der Waals surface area (Å²) in [5, 5.41) is 13.0. The maximum atomic E-state index is 3.64. The summed E-state index contributed by atoms with van der Waals surface area (Å²) in [6, 6.07) is 124. The third-order valence-corrected chi connectivity index (χ3v) is 21.5. The lowest BCUT2D eigenvalue weighted by molar-refractivity contribution is 1.18. The lowest BCUT2D eigenvalue weighted by atomic mass is 9.98. The molecule has 3 aliphatic rings. The zero-order valence-electron chi connectivity index (χ0n) is 52.8. The number of halogens is 1. The number of fused-ring (bicyclic) bond motifs is 18. The molecular formula is C93H58BrN3. The van der Waals surface area contributed by atoms with Crippen molar-refractivity contribution in [2.24, 2.45) is 0 Å². The first-order valence-electron chi connectivity index (χ1n) is 33.5. The number of para-hydroxylation sites is 5. The van der Waals surface area contributed by atoms with Crippen molar-refractivity contribution in [3.05, 3.63) is 355 Å². The van der Waals surface area contributed by atoms with Crippen LogP contribution in [0.2, 0.25) is 0 Å². The molecule has 0 saturated carbocycles. The Hall–Kier alpha value is -12.1. The number of benzene rings is 16. The highest BCUT2D eigenvalue weighted by molar-refractivity contribution is 9.10. The molecule has 0 saturated heterocycles. The number of nitrogens with zero attached hydrogens (tertiary/aromatic N) is 3. The number of aromatic nitrogens is 3. The predicted molar refractivity (Wildman–Crippen MR) is 413 cm³/mol. The highest BCUT2D eigenvalue weighted by Crippen LogP contribution is 2.51. The van der Waals surface area contributed by atoms with Crippen molar-refractivity contribution in [2.45, 2.75) is 6.42 Å². The van der Waals surface area contributed by atoms with Gasteiger partial charge in [0, 0.05) is 53.6 Å². The molecule has 3 aromatic heterocycles. The minimum Gasteiger partial charge on any atom is -0.309 e. The summed E-state index contributed by atoms with van der Waals surface area (Å²) in [6.45, 7) is 0. The second-order valence-electron chi connectivity index (χ2n) is 25.9. The van der Waals surface area contributed by atoms with Crippen LogP contribution in [0.4, 0.5) is 0 Å². The molecule has 3 heterocycles. The van der Waals surface area contributed by atoms with Crippen molar-refractivity contribution in [2.75, 3.05) is 0 Å². The molecule has 0 aliphatic heterocycles. The van der Waals surface area contributed by atoms with E-state index in [9.17, 15) is 0 Å². The van der Waals surface area contributed by atoms with Crippen LogP contribution in [0, 0.1) is 0 Å². The van der Waals surface area contributed by atoms with Gasteiger partial charge in [0.15, 0.2) is 0 Å². The van der Waals surface area contributed by atoms with Gasteiger partial charge in [-0.15, -0.1) is 0 Å². The van der Waals surface area contributed by atoms with Crippen molar-refractivity contribution in [3.8, 4) is 95.0 Å². The molecule has 0 bridgehead atoms. The van der Waals surface area contributed by atoms with Crippen LogP contribution in [0.25, 0.3) is 182 Å². The van der Waals surface area contributed by atoms with Gasteiger partial charge in [0.1, 0.15) is 0 Å². The Balaban J connectivity index is 0.000000111. The molecule has 452 valence electrons. The van der Waals surface area contributed by atoms with E-state index < -0.39 is 0 Å². The first kappa shape index (κ1) is 55.4. The molecule has 16 aromatic carbocycles. The van der Waals surface area contributed by atoms with E-state index >= 15 is 0 Å². The second kappa shape index (κ2) is 22.0. The SMILES string of the molecule is Brc1ccc2c3c(cccc13)-c1ccccc1-2.c1ccc(-n2c3ccccc3c3ccc(-c4ccc5c(c4)Cc4ccccc4-5)cc32)cc1.c1ccc(-n2c3ccccc3c3ccc(-c4ccc5c6ccccc6n(-c6ccc7c8c(cccc68)-c6ccccc6-7)c5c4)cc32)cc1. The van der Waals surface area contributed by atoms with E-state index in [2.05, 4.69) is 369 Å². The van der Waals surface area contributed by atoms with E-state index in [1.54, 1.807) is 0 Å². The summed E-state index contributed by atoms with van der Waals surface area (Å²) in [5.41, 5.74) is 32.2. The van der Waals surface area contributed by atoms with Crippen LogP contribution in [0.5, 0.6) is 0 Å². The van der Waals surface area contributed by atoms with Gasteiger partial charge in [0.2, 0.25) is 0 Å². The van der Waals surface area contributed by atoms with Gasteiger partial charge in [-0.1, -0.05) is 283 Å². The Morgan fingerprint density at radius 3 is 1.07 bits per heavy atom. The summed E-state index contributed by atoms with van der Waals surface area (Å²) in [7, 11) is 0. The molecule has 0 spiro atoms. The quantitative estimate of drug-likeness (QED) is 0.163. The first-order chi connectivity index (χ1) is 48.1. The van der Waals surface area contributed by atoms with Crippen LogP contribution >= 0.6 is 15.9 Å². The smallest absolute Gasteiger partial charge is 0.0547 e. The van der Waals surface area contributed by atoms with Gasteiger partial charge in [0.25, 0.3) is 0 Å². The van der Waals surface area contributed by atoms with Crippen LogP contribution in [0.1, 0.15) is 11.1 Å². The van der Waals surface area contributed by atoms with E-state index in [1.165, 1.54) is 198 Å². The molecule has 0 amide bonds. The van der Waals surface area contributed by atoms with Crippen LogP contribution in [0.15, 0.2) is 344 Å². The molecule has 0 radical (unpaired) electrons. The fourth-order valence-electron chi connectivity index (χ4n) is 16.5. The fraction of sp³-hybridized carbons (Fsp3) is 0.0108. The average Bonchev–Trinajstić information content (AvgIpc) is 1.57. The lowest BCUT2D eigenvalue weighted by Gasteiger charge is -2.14. The Bertz CT molecular complexity index is 6420. The molecule has 0 N–H and O–H groups in total. The number of hydrogen-bond acceptors (Lipinski definition) is 0. The standard InChI is InChI=1S/C46H28N2.C31H21N.C16H9Br/c1-2-11-31(12-3-1)47-41-19-8-6-15-34(41)36-23-21-29(27-44(36)47)30-22-24-37-35-16-7-9-20-42(35)48(45(37)28-30)43-26-25-39-33-14-5-4-13-32(33)38-17-10-18-40(43)46(38)39;1-2-9-25(10-3-1)32-30-13-7-6-12-28(30)29-17-15-22(20-31(29)32)21-14-16-27-24(18-21)19-23-8-4-5-11-26(23)27;17-15-9-8-13-11-5-2-1-4-10(11)12-6-3-7-14(15)16(12)13/h1-28H;1-18,20H,19H2;1-9H. The van der Waals surface area contributed by atoms with Gasteiger partial charge in [-0.25, -0.2) is 0 Å². The summed E-state index contributed by atoms with van der Waals surface area (Å²) in [6.07, 6.45) is 1.02. The third kappa shape index (κ3) is 8.60. The number of rotatable bonds is 5. The van der Waals surface area contributed by atoms with E-state index in [4.69, 9.17) is 0 Å². The molecule has 4 heteroatoms. The molecule has 0 unspecified atom stereocenters. The Morgan fingerprint density at radius 1 is 0.206 bits per heavy atom. The summed E-state index contributed by atoms with van der Waals surface area (Å²) in [4.78, 5) is 0. The van der Waals surface area contributed by atoms with Gasteiger partial charge >= 0.3 is 0 Å². The average molecular weight is 1300 g/mol. The molecule has 3 nitrogen and oxygen atoms in total. The van der Waals surface area contributed by atoms with Crippen LogP contribution < -0.4 is 0 Å². The van der Waals surface area contributed by atoms with E-state index in [-0.39, 0.29) is 0 Å². The van der Waals surface area contributed by atoms with Crippen molar-refractivity contribution in [1.82, 2.24) is 13.7 Å². The van der Waals surface area contributed by atoms with Crippen LogP contribution in [-0.4, -0.2) is 13.7 Å². The molecule has 19 aromatic rings. The zero-order valence-corrected chi connectivity index (χ0v) is 54.3. The molecule has 0 atom stereocenters. The minimum absolute atomic E-state index is 1.02. The zero-order chi connectivity index (χ0) is 63.8. The fourth-order valence-corrected chi connectivity index (χ4v) is 17.0. The van der Waals surface area contributed by atoms with Crippen molar-refractivity contribution in [3.63, 3.8) is 0 Å². The third-order valence-electron chi connectivity index (χ3n) is 20.8. The summed E-state index contributed by atoms with van der Waals surface area (Å²) < 4.78 is 8.44. The van der Waals surface area contributed by atoms with Gasteiger partial charge in [0.05, 0.1) is 38.8 Å². The molecular weight excluding hydrogens is 1240 g/mol. The normalized spacial score (nSPS) is 12.1. The first-order valence-corrected chi connectivity index (χ1v) is 34.2. The van der Waals surface area contributed by atoms with E-state index in [1.807, 2.05) is 0 Å². The predicted octanol–water partition coefficient (Wildman–Crippen LogP) is 25.6. The van der Waals surface area contributed by atoms with E-state index in [0.717, 1.165) is 6.42 Å². The molecule has 22 rings (SSSR count). The van der Waals surface area contributed by atoms with E-state index in [0.29, 0.717) is 0 Å². The molecule has 0 fully saturated rings. The highest BCUT2D eigenvalue weighted by Gasteiger charge is 2.26. The van der Waals surface area contributed by atoms with Gasteiger partial charge in [-0.2, -0.15) is 0 Å². The van der Waals surface area contributed by atoms with Crippen LogP contribution in [0.3, 0.4) is 0 Å². The van der Waals surface area contributed by atoms with Gasteiger partial charge in [-0.05, 0) is 184 Å². The van der Waals surface area contributed by atoms with Crippen molar-refractivity contribution < 1.29 is 0 Å². The van der Waals surface area contributed by atoms with Crippen molar-refractivity contribution >= 4 is 103 Å². The Morgan fingerprint density at radius 2 is 0.546 bits per heavy atom. The Kier molecular flexibility index (Phi) is 12.6. The largest absolute Gasteiger partial charge is 0.309 e. The topological polar surface area (TPSA) is 14.8 Å². The van der Waals surface area contributed by atoms with Gasteiger partial charge < -0.3 is 13.7 Å². The minimum atomic E-state index is 1.02. The Labute approximate surface area is 569 Å². The second-order valence-corrected chi connectivity index (χ2v) is 26.8. The summed E-state index contributed by atoms with van der Waals surface area (Å²) >= 11 is 3.64. The lowest BCUT2D eigenvalue weighted by Crippen LogP contribution is -1.96. The highest BCUT2D eigenvalue weighted by atomic mass is 79.9. The molecule has 97 heavy (non-hydrogen) atoms. The van der Waals surface area contributed by atoms with Crippen LogP contribution in [-0.2, 0) is 6.42 Å². The molecule has 3 aliphatic carbocycles. The summed E-state index contributed by atoms with van der Waals surface area (Å²) in [5.74, 6) is 0. The maximum absolute atomic E-state index is 3.64.